The zero-order valence-electron chi connectivity index (χ0n) is 13.3. The molecule has 3 N–H and O–H groups in total. The third-order valence-electron chi connectivity index (χ3n) is 4.35. The second kappa shape index (κ2) is 6.62. The average Bonchev–Trinajstić information content (AvgIpc) is 3.14. The number of aromatic amines is 1. The fraction of sp³-hybridized carbons (Fsp3) is 0.562. The molecule has 0 aliphatic heterocycles. The summed E-state index contributed by atoms with van der Waals surface area (Å²) in [4.78, 5) is 8.50. The Balaban J connectivity index is 1.58. The first-order valence-electron chi connectivity index (χ1n) is 7.98. The van der Waals surface area contributed by atoms with E-state index in [2.05, 4.69) is 39.3 Å². The van der Waals surface area contributed by atoms with Crippen LogP contribution >= 0.6 is 0 Å². The molecular weight excluding hydrogens is 297 g/mol. The molecule has 2 heterocycles. The zero-order chi connectivity index (χ0) is 16.4. The Morgan fingerprint density at radius 1 is 1.39 bits per heavy atom. The molecule has 3 atom stereocenters. The Labute approximate surface area is 134 Å². The number of pyridine rings is 1. The van der Waals surface area contributed by atoms with Gasteiger partial charge in [0.05, 0.1) is 12.3 Å². The van der Waals surface area contributed by atoms with Crippen LogP contribution in [0.25, 0.3) is 0 Å². The van der Waals surface area contributed by atoms with Gasteiger partial charge in [-0.3, -0.25) is 5.10 Å². The molecule has 7 heteroatoms. The molecule has 0 saturated heterocycles. The minimum atomic E-state index is -0.388. The normalized spacial score (nSPS) is 24.3. The number of hydrogen-bond acceptors (Lipinski definition) is 5. The summed E-state index contributed by atoms with van der Waals surface area (Å²) in [5, 5.41) is 20.7. The van der Waals surface area contributed by atoms with E-state index in [1.54, 1.807) is 6.07 Å². The molecule has 2 aromatic heterocycles. The molecule has 3 rings (SSSR count). The molecule has 124 valence electrons. The number of anilines is 1. The summed E-state index contributed by atoms with van der Waals surface area (Å²) in [6, 6.07) is 2.96. The Hall–Kier alpha value is -2.02. The fourth-order valence-electron chi connectivity index (χ4n) is 2.99. The number of rotatable bonds is 5. The highest BCUT2D eigenvalue weighted by Crippen LogP contribution is 2.37. The summed E-state index contributed by atoms with van der Waals surface area (Å²) in [6.07, 6.45) is 2.30. The SMILES string of the molecule is CC(C)c1n[nH]c([C@H]2C[C@H](CNc3ccc(F)cn3)[C@H](O)C2)n1. The van der Waals surface area contributed by atoms with Crippen LogP contribution in [0.15, 0.2) is 18.3 Å². The van der Waals surface area contributed by atoms with Crippen molar-refractivity contribution in [2.24, 2.45) is 5.92 Å². The highest BCUT2D eigenvalue weighted by Gasteiger charge is 2.35. The molecule has 0 unspecified atom stereocenters. The summed E-state index contributed by atoms with van der Waals surface area (Å²) in [5.41, 5.74) is 0. The predicted octanol–water partition coefficient (Wildman–Crippen LogP) is 2.43. The van der Waals surface area contributed by atoms with Crippen LogP contribution in [-0.4, -0.2) is 37.9 Å². The summed E-state index contributed by atoms with van der Waals surface area (Å²) in [5.74, 6) is 2.51. The van der Waals surface area contributed by atoms with Gasteiger partial charge in [0.15, 0.2) is 5.82 Å². The average molecular weight is 319 g/mol. The van der Waals surface area contributed by atoms with Crippen molar-refractivity contribution in [2.45, 2.75) is 44.6 Å². The molecule has 0 spiro atoms. The quantitative estimate of drug-likeness (QED) is 0.788. The van der Waals surface area contributed by atoms with E-state index in [0.29, 0.717) is 18.8 Å². The molecule has 23 heavy (non-hydrogen) atoms. The largest absolute Gasteiger partial charge is 0.393 e. The van der Waals surface area contributed by atoms with E-state index in [-0.39, 0.29) is 29.7 Å². The maximum absolute atomic E-state index is 12.8. The maximum atomic E-state index is 12.8. The van der Waals surface area contributed by atoms with Crippen LogP contribution < -0.4 is 5.32 Å². The number of aliphatic hydroxyl groups excluding tert-OH is 1. The first kappa shape index (κ1) is 15.9. The number of halogens is 1. The first-order chi connectivity index (χ1) is 11.0. The molecule has 1 aliphatic rings. The Kier molecular flexibility index (Phi) is 4.56. The van der Waals surface area contributed by atoms with Crippen molar-refractivity contribution in [2.75, 3.05) is 11.9 Å². The number of H-pyrrole nitrogens is 1. The number of hydrogen-bond donors (Lipinski definition) is 3. The molecule has 2 aromatic rings. The van der Waals surface area contributed by atoms with Gasteiger partial charge in [-0.15, -0.1) is 0 Å². The zero-order valence-corrected chi connectivity index (χ0v) is 13.3. The molecule has 1 fully saturated rings. The van der Waals surface area contributed by atoms with E-state index in [9.17, 15) is 9.50 Å². The minimum Gasteiger partial charge on any atom is -0.393 e. The van der Waals surface area contributed by atoms with E-state index in [1.807, 2.05) is 0 Å². The van der Waals surface area contributed by atoms with Gasteiger partial charge in [0.25, 0.3) is 0 Å². The van der Waals surface area contributed by atoms with Gasteiger partial charge < -0.3 is 10.4 Å². The van der Waals surface area contributed by atoms with Gasteiger partial charge in [0.1, 0.15) is 17.5 Å². The van der Waals surface area contributed by atoms with Crippen LogP contribution in [0, 0.1) is 11.7 Å². The highest BCUT2D eigenvalue weighted by atomic mass is 19.1. The topological polar surface area (TPSA) is 86.7 Å². The summed E-state index contributed by atoms with van der Waals surface area (Å²) in [6.45, 7) is 4.71. The van der Waals surface area contributed by atoms with Crippen LogP contribution in [0.2, 0.25) is 0 Å². The van der Waals surface area contributed by atoms with E-state index >= 15 is 0 Å². The predicted molar refractivity (Wildman–Crippen MR) is 84.6 cm³/mol. The Morgan fingerprint density at radius 3 is 2.87 bits per heavy atom. The second-order valence-corrected chi connectivity index (χ2v) is 6.47. The monoisotopic (exact) mass is 319 g/mol. The Morgan fingerprint density at radius 2 is 2.22 bits per heavy atom. The molecule has 0 bridgehead atoms. The van der Waals surface area contributed by atoms with E-state index < -0.39 is 0 Å². The van der Waals surface area contributed by atoms with E-state index in [0.717, 1.165) is 18.1 Å². The number of nitrogens with zero attached hydrogens (tertiary/aromatic N) is 3. The summed E-state index contributed by atoms with van der Waals surface area (Å²) in [7, 11) is 0. The fourth-order valence-corrected chi connectivity index (χ4v) is 2.99. The van der Waals surface area contributed by atoms with Crippen molar-refractivity contribution in [3.8, 4) is 0 Å². The van der Waals surface area contributed by atoms with E-state index in [1.165, 1.54) is 12.3 Å². The van der Waals surface area contributed by atoms with Crippen molar-refractivity contribution in [1.29, 1.82) is 0 Å². The lowest BCUT2D eigenvalue weighted by Crippen LogP contribution is -2.22. The standard InChI is InChI=1S/C16H22FN5O/c1-9(2)15-20-16(22-21-15)10-5-11(13(23)6-10)7-18-14-4-3-12(17)8-19-14/h3-4,8-11,13,23H,5-7H2,1-2H3,(H,18,19)(H,20,21,22)/t10-,11+,13+/m0/s1. The molecular formula is C16H22FN5O. The van der Waals surface area contributed by atoms with Crippen LogP contribution in [0.3, 0.4) is 0 Å². The lowest BCUT2D eigenvalue weighted by atomic mass is 10.0. The number of aromatic nitrogens is 4. The van der Waals surface area contributed by atoms with Crippen LogP contribution in [0.4, 0.5) is 10.2 Å². The Bertz CT molecular complexity index is 642. The molecule has 1 aliphatic carbocycles. The van der Waals surface area contributed by atoms with Crippen molar-refractivity contribution < 1.29 is 9.50 Å². The lowest BCUT2D eigenvalue weighted by molar-refractivity contribution is 0.137. The van der Waals surface area contributed by atoms with Gasteiger partial charge in [0.2, 0.25) is 0 Å². The lowest BCUT2D eigenvalue weighted by Gasteiger charge is -2.15. The van der Waals surface area contributed by atoms with Crippen molar-refractivity contribution in [1.82, 2.24) is 20.2 Å². The van der Waals surface area contributed by atoms with Crippen molar-refractivity contribution >= 4 is 5.82 Å². The van der Waals surface area contributed by atoms with Crippen molar-refractivity contribution in [3.05, 3.63) is 35.8 Å². The third-order valence-corrected chi connectivity index (χ3v) is 4.35. The van der Waals surface area contributed by atoms with Crippen molar-refractivity contribution in [3.63, 3.8) is 0 Å². The molecule has 0 radical (unpaired) electrons. The van der Waals surface area contributed by atoms with Gasteiger partial charge in [-0.25, -0.2) is 14.4 Å². The van der Waals surface area contributed by atoms with Gasteiger partial charge in [-0.2, -0.15) is 5.10 Å². The van der Waals surface area contributed by atoms with Gasteiger partial charge in [-0.1, -0.05) is 13.8 Å². The first-order valence-corrected chi connectivity index (χ1v) is 7.98. The van der Waals surface area contributed by atoms with Gasteiger partial charge in [-0.05, 0) is 25.0 Å². The maximum Gasteiger partial charge on any atom is 0.153 e. The summed E-state index contributed by atoms with van der Waals surface area (Å²) >= 11 is 0. The molecule has 1 saturated carbocycles. The number of aliphatic hydroxyl groups is 1. The number of nitrogens with one attached hydrogen (secondary N) is 2. The van der Waals surface area contributed by atoms with Crippen LogP contribution in [-0.2, 0) is 0 Å². The second-order valence-electron chi connectivity index (χ2n) is 6.47. The van der Waals surface area contributed by atoms with E-state index in [4.69, 9.17) is 0 Å². The summed E-state index contributed by atoms with van der Waals surface area (Å²) < 4.78 is 12.8. The highest BCUT2D eigenvalue weighted by molar-refractivity contribution is 5.33. The van der Waals surface area contributed by atoms with Gasteiger partial charge >= 0.3 is 0 Å². The molecule has 6 nitrogen and oxygen atoms in total. The van der Waals surface area contributed by atoms with Crippen LogP contribution in [0.1, 0.15) is 50.2 Å². The molecule has 0 aromatic carbocycles. The minimum absolute atomic E-state index is 0.111. The smallest absolute Gasteiger partial charge is 0.153 e. The van der Waals surface area contributed by atoms with Gasteiger partial charge in [0, 0.05) is 24.3 Å². The molecule has 0 amide bonds. The third kappa shape index (κ3) is 3.67. The van der Waals surface area contributed by atoms with Crippen LogP contribution in [0.5, 0.6) is 0 Å².